The Hall–Kier alpha value is -2.53. The van der Waals surface area contributed by atoms with Crippen LogP contribution in [0.4, 0.5) is 0 Å². The lowest BCUT2D eigenvalue weighted by Gasteiger charge is -2.25. The summed E-state index contributed by atoms with van der Waals surface area (Å²) in [4.78, 5) is 14.7. The molecule has 0 saturated carbocycles. The summed E-state index contributed by atoms with van der Waals surface area (Å²) in [5, 5.41) is 3.02. The van der Waals surface area contributed by atoms with Gasteiger partial charge in [-0.05, 0) is 51.7 Å². The quantitative estimate of drug-likeness (QED) is 0.747. The van der Waals surface area contributed by atoms with Crippen LogP contribution in [0.25, 0.3) is 0 Å². The monoisotopic (exact) mass is 356 g/mol. The number of likely N-dealkylation sites (N-methyl/N-ethyl adjacent to an activating group) is 1. The molecular weight excluding hydrogens is 328 g/mol. The lowest BCUT2D eigenvalue weighted by atomic mass is 10.1. The van der Waals surface area contributed by atoms with E-state index in [1.807, 2.05) is 46.1 Å². The summed E-state index contributed by atoms with van der Waals surface area (Å²) in [6.45, 7) is 5.41. The lowest BCUT2D eigenvalue weighted by Crippen LogP contribution is -2.34. The topological polar surface area (TPSA) is 50.8 Å². The van der Waals surface area contributed by atoms with E-state index in [0.29, 0.717) is 36.8 Å². The minimum Gasteiger partial charge on any atom is -0.490 e. The number of amides is 1. The third-order valence-corrected chi connectivity index (χ3v) is 4.07. The summed E-state index contributed by atoms with van der Waals surface area (Å²) < 4.78 is 11.1. The molecule has 2 aromatic carbocycles. The van der Waals surface area contributed by atoms with Crippen molar-refractivity contribution in [2.75, 3.05) is 33.9 Å². The Bertz CT molecular complexity index is 702. The first kappa shape index (κ1) is 19.8. The lowest BCUT2D eigenvalue weighted by molar-refractivity contribution is 0.0941. The van der Waals surface area contributed by atoms with Crippen LogP contribution in [0.15, 0.2) is 48.5 Å². The largest absolute Gasteiger partial charge is 0.490 e. The summed E-state index contributed by atoms with van der Waals surface area (Å²) in [6.07, 6.45) is 0. The third kappa shape index (κ3) is 5.23. The number of benzene rings is 2. The van der Waals surface area contributed by atoms with Crippen LogP contribution >= 0.6 is 0 Å². The standard InChI is InChI=1S/C21H28N2O3/c1-5-25-19-13-12-17(14-20(19)26-6-2)21(24)22-15-18(23(3)4)16-10-8-7-9-11-16/h7-14,18H,5-6,15H2,1-4H3,(H,22,24). The van der Waals surface area contributed by atoms with Crippen molar-refractivity contribution < 1.29 is 14.3 Å². The zero-order chi connectivity index (χ0) is 18.9. The average molecular weight is 356 g/mol. The molecule has 2 rings (SSSR count). The second-order valence-electron chi connectivity index (χ2n) is 6.13. The Morgan fingerprint density at radius 3 is 2.27 bits per heavy atom. The van der Waals surface area contributed by atoms with E-state index in [4.69, 9.17) is 9.47 Å². The van der Waals surface area contributed by atoms with Crippen LogP contribution in [0.1, 0.15) is 35.8 Å². The van der Waals surface area contributed by atoms with E-state index in [2.05, 4.69) is 22.3 Å². The van der Waals surface area contributed by atoms with E-state index in [1.54, 1.807) is 18.2 Å². The van der Waals surface area contributed by atoms with E-state index in [-0.39, 0.29) is 11.9 Å². The van der Waals surface area contributed by atoms with Gasteiger partial charge in [-0.3, -0.25) is 4.79 Å². The molecule has 5 nitrogen and oxygen atoms in total. The normalized spacial score (nSPS) is 11.9. The molecule has 1 atom stereocenters. The fourth-order valence-electron chi connectivity index (χ4n) is 2.76. The first-order chi connectivity index (χ1) is 12.6. The molecule has 1 unspecified atom stereocenters. The predicted octanol–water partition coefficient (Wildman–Crippen LogP) is 3.52. The van der Waals surface area contributed by atoms with Crippen molar-refractivity contribution in [3.8, 4) is 11.5 Å². The molecule has 0 aromatic heterocycles. The van der Waals surface area contributed by atoms with Crippen molar-refractivity contribution in [2.45, 2.75) is 19.9 Å². The van der Waals surface area contributed by atoms with Crippen LogP contribution < -0.4 is 14.8 Å². The smallest absolute Gasteiger partial charge is 0.251 e. The zero-order valence-electron chi connectivity index (χ0n) is 16.0. The van der Waals surface area contributed by atoms with Crippen molar-refractivity contribution in [2.24, 2.45) is 0 Å². The summed E-state index contributed by atoms with van der Waals surface area (Å²) in [6, 6.07) is 15.5. The minimum absolute atomic E-state index is 0.106. The van der Waals surface area contributed by atoms with Gasteiger partial charge >= 0.3 is 0 Å². The summed E-state index contributed by atoms with van der Waals surface area (Å²) >= 11 is 0. The van der Waals surface area contributed by atoms with Gasteiger partial charge in [0.2, 0.25) is 0 Å². The van der Waals surface area contributed by atoms with Crippen LogP contribution in [0, 0.1) is 0 Å². The molecule has 0 fully saturated rings. The number of nitrogens with one attached hydrogen (secondary N) is 1. The molecule has 1 amide bonds. The molecule has 0 spiro atoms. The molecule has 0 saturated heterocycles. The van der Waals surface area contributed by atoms with Crippen molar-refractivity contribution >= 4 is 5.91 Å². The highest BCUT2D eigenvalue weighted by atomic mass is 16.5. The molecule has 0 aliphatic rings. The van der Waals surface area contributed by atoms with Gasteiger partial charge in [0, 0.05) is 12.1 Å². The molecule has 1 N–H and O–H groups in total. The highest BCUT2D eigenvalue weighted by Gasteiger charge is 2.17. The van der Waals surface area contributed by atoms with Crippen LogP contribution in [-0.2, 0) is 0 Å². The molecule has 2 aromatic rings. The Morgan fingerprint density at radius 2 is 1.65 bits per heavy atom. The first-order valence-electron chi connectivity index (χ1n) is 8.96. The maximum absolute atomic E-state index is 12.6. The molecule has 0 bridgehead atoms. The number of rotatable bonds is 9. The molecule has 140 valence electrons. The maximum Gasteiger partial charge on any atom is 0.251 e. The summed E-state index contributed by atoms with van der Waals surface area (Å²) in [5.41, 5.74) is 1.72. The molecule has 5 heteroatoms. The second kappa shape index (κ2) is 9.82. The Balaban J connectivity index is 2.10. The van der Waals surface area contributed by atoms with E-state index in [9.17, 15) is 4.79 Å². The van der Waals surface area contributed by atoms with Crippen molar-refractivity contribution in [1.82, 2.24) is 10.2 Å². The van der Waals surface area contributed by atoms with Crippen LogP contribution in [-0.4, -0.2) is 44.7 Å². The van der Waals surface area contributed by atoms with Crippen LogP contribution in [0.5, 0.6) is 11.5 Å². The molecule has 26 heavy (non-hydrogen) atoms. The van der Waals surface area contributed by atoms with Crippen molar-refractivity contribution in [3.63, 3.8) is 0 Å². The van der Waals surface area contributed by atoms with Gasteiger partial charge in [0.25, 0.3) is 5.91 Å². The van der Waals surface area contributed by atoms with Crippen LogP contribution in [0.3, 0.4) is 0 Å². The highest BCUT2D eigenvalue weighted by Crippen LogP contribution is 2.28. The molecule has 0 aliphatic heterocycles. The summed E-state index contributed by atoms with van der Waals surface area (Å²) in [7, 11) is 4.02. The van der Waals surface area contributed by atoms with Gasteiger partial charge in [0.05, 0.1) is 19.3 Å². The molecular formula is C21H28N2O3. The second-order valence-corrected chi connectivity index (χ2v) is 6.13. The number of hydrogen-bond donors (Lipinski definition) is 1. The van der Waals surface area contributed by atoms with E-state index < -0.39 is 0 Å². The van der Waals surface area contributed by atoms with Gasteiger partial charge in [-0.25, -0.2) is 0 Å². The van der Waals surface area contributed by atoms with Gasteiger partial charge in [0.15, 0.2) is 11.5 Å². The van der Waals surface area contributed by atoms with Gasteiger partial charge in [0.1, 0.15) is 0 Å². The first-order valence-corrected chi connectivity index (χ1v) is 8.96. The van der Waals surface area contributed by atoms with Gasteiger partial charge in [-0.1, -0.05) is 30.3 Å². The van der Waals surface area contributed by atoms with Crippen molar-refractivity contribution in [3.05, 3.63) is 59.7 Å². The fourth-order valence-corrected chi connectivity index (χ4v) is 2.76. The number of ether oxygens (including phenoxy) is 2. The number of nitrogens with zero attached hydrogens (tertiary/aromatic N) is 1. The third-order valence-electron chi connectivity index (χ3n) is 4.07. The maximum atomic E-state index is 12.6. The van der Waals surface area contributed by atoms with E-state index in [1.165, 1.54) is 5.56 Å². The average Bonchev–Trinajstić information content (AvgIpc) is 2.64. The number of carbonyl (C=O) groups is 1. The highest BCUT2D eigenvalue weighted by molar-refractivity contribution is 5.94. The van der Waals surface area contributed by atoms with Crippen LogP contribution in [0.2, 0.25) is 0 Å². The Kier molecular flexibility index (Phi) is 7.48. The number of carbonyl (C=O) groups excluding carboxylic acids is 1. The van der Waals surface area contributed by atoms with Gasteiger partial charge < -0.3 is 19.7 Å². The fraction of sp³-hybridized carbons (Fsp3) is 0.381. The van der Waals surface area contributed by atoms with Crippen molar-refractivity contribution in [1.29, 1.82) is 0 Å². The van der Waals surface area contributed by atoms with Gasteiger partial charge in [-0.15, -0.1) is 0 Å². The zero-order valence-corrected chi connectivity index (χ0v) is 16.0. The molecule has 0 aliphatic carbocycles. The number of hydrogen-bond acceptors (Lipinski definition) is 4. The van der Waals surface area contributed by atoms with E-state index >= 15 is 0 Å². The summed E-state index contributed by atoms with van der Waals surface area (Å²) in [5.74, 6) is 1.12. The van der Waals surface area contributed by atoms with E-state index in [0.717, 1.165) is 0 Å². The SMILES string of the molecule is CCOc1ccc(C(=O)NCC(c2ccccc2)N(C)C)cc1OCC. The Morgan fingerprint density at radius 1 is 1.00 bits per heavy atom. The molecule has 0 heterocycles. The minimum atomic E-state index is -0.128. The van der Waals surface area contributed by atoms with Gasteiger partial charge in [-0.2, -0.15) is 0 Å². The Labute approximate surface area is 155 Å². The predicted molar refractivity (Wildman–Crippen MR) is 104 cm³/mol. The molecule has 0 radical (unpaired) electrons.